The molecule has 0 fully saturated rings. The standard InChI is InChI=1S/C13H12ClF3O5/c1-3-21-9(18)6-22-11-7(12(19)20-2)4-5-8(10(11)14)13(15,16)17/h4-5H,3,6H2,1-2H3. The average molecular weight is 341 g/mol. The van der Waals surface area contributed by atoms with Crippen molar-refractivity contribution in [1.82, 2.24) is 0 Å². The summed E-state index contributed by atoms with van der Waals surface area (Å²) in [7, 11) is 1.04. The quantitative estimate of drug-likeness (QED) is 0.771. The fourth-order valence-corrected chi connectivity index (χ4v) is 1.85. The summed E-state index contributed by atoms with van der Waals surface area (Å²) < 4.78 is 52.4. The number of ether oxygens (including phenoxy) is 3. The molecule has 122 valence electrons. The molecule has 0 heterocycles. The van der Waals surface area contributed by atoms with E-state index in [1.807, 2.05) is 0 Å². The van der Waals surface area contributed by atoms with Gasteiger partial charge in [-0.2, -0.15) is 13.2 Å². The van der Waals surface area contributed by atoms with Crippen LogP contribution in [0, 0.1) is 0 Å². The van der Waals surface area contributed by atoms with Crippen LogP contribution in [-0.4, -0.2) is 32.3 Å². The SMILES string of the molecule is CCOC(=O)COc1c(C(=O)OC)ccc(C(F)(F)F)c1Cl. The van der Waals surface area contributed by atoms with Gasteiger partial charge in [-0.3, -0.25) is 0 Å². The maximum Gasteiger partial charge on any atom is 0.417 e. The normalized spacial score (nSPS) is 11.0. The molecule has 0 aliphatic carbocycles. The Balaban J connectivity index is 3.23. The van der Waals surface area contributed by atoms with Crippen molar-refractivity contribution in [2.75, 3.05) is 20.3 Å². The molecule has 0 saturated heterocycles. The third-order valence-corrected chi connectivity index (χ3v) is 2.82. The predicted molar refractivity (Wildman–Crippen MR) is 69.9 cm³/mol. The first kappa shape index (κ1) is 18.1. The van der Waals surface area contributed by atoms with E-state index in [9.17, 15) is 22.8 Å². The average Bonchev–Trinajstić information content (AvgIpc) is 2.43. The number of hydrogen-bond acceptors (Lipinski definition) is 5. The van der Waals surface area contributed by atoms with Crippen LogP contribution in [0.3, 0.4) is 0 Å². The molecule has 0 saturated carbocycles. The van der Waals surface area contributed by atoms with Crippen molar-refractivity contribution in [3.05, 3.63) is 28.3 Å². The number of benzene rings is 1. The highest BCUT2D eigenvalue weighted by Crippen LogP contribution is 2.41. The van der Waals surface area contributed by atoms with E-state index in [0.29, 0.717) is 6.07 Å². The minimum absolute atomic E-state index is 0.0718. The topological polar surface area (TPSA) is 61.8 Å². The summed E-state index contributed by atoms with van der Waals surface area (Å²) in [5.74, 6) is -2.35. The number of hydrogen-bond donors (Lipinski definition) is 0. The maximum absolute atomic E-state index is 12.8. The number of carbonyl (C=O) groups excluding carboxylic acids is 2. The zero-order valence-corrected chi connectivity index (χ0v) is 12.4. The van der Waals surface area contributed by atoms with Gasteiger partial charge in [0.2, 0.25) is 0 Å². The fourth-order valence-electron chi connectivity index (χ4n) is 1.52. The van der Waals surface area contributed by atoms with E-state index in [-0.39, 0.29) is 12.2 Å². The van der Waals surface area contributed by atoms with Gasteiger partial charge in [0.15, 0.2) is 12.4 Å². The lowest BCUT2D eigenvalue weighted by Gasteiger charge is -2.16. The zero-order valence-electron chi connectivity index (χ0n) is 11.6. The fraction of sp³-hybridized carbons (Fsp3) is 0.385. The lowest BCUT2D eigenvalue weighted by Crippen LogP contribution is -2.17. The number of carbonyl (C=O) groups is 2. The van der Waals surface area contributed by atoms with Crippen LogP contribution < -0.4 is 4.74 Å². The molecule has 5 nitrogen and oxygen atoms in total. The summed E-state index contributed by atoms with van der Waals surface area (Å²) in [6.45, 7) is 0.927. The van der Waals surface area contributed by atoms with Gasteiger partial charge >= 0.3 is 18.1 Å². The van der Waals surface area contributed by atoms with Crippen molar-refractivity contribution in [2.24, 2.45) is 0 Å². The maximum atomic E-state index is 12.8. The lowest BCUT2D eigenvalue weighted by molar-refractivity contribution is -0.145. The van der Waals surface area contributed by atoms with Crippen LogP contribution in [0.5, 0.6) is 5.75 Å². The molecule has 0 aliphatic heterocycles. The van der Waals surface area contributed by atoms with Crippen molar-refractivity contribution in [3.8, 4) is 5.75 Å². The minimum atomic E-state index is -4.74. The molecule has 22 heavy (non-hydrogen) atoms. The van der Waals surface area contributed by atoms with Gasteiger partial charge in [-0.25, -0.2) is 9.59 Å². The van der Waals surface area contributed by atoms with Crippen molar-refractivity contribution in [3.63, 3.8) is 0 Å². The van der Waals surface area contributed by atoms with Crippen LogP contribution >= 0.6 is 11.6 Å². The van der Waals surface area contributed by atoms with Crippen LogP contribution in [-0.2, 0) is 20.4 Å². The van der Waals surface area contributed by atoms with E-state index in [1.54, 1.807) is 6.92 Å². The molecule has 0 N–H and O–H groups in total. The van der Waals surface area contributed by atoms with Crippen molar-refractivity contribution in [2.45, 2.75) is 13.1 Å². The molecule has 0 aromatic heterocycles. The molecule has 0 aliphatic rings. The van der Waals surface area contributed by atoms with Crippen LogP contribution in [0.4, 0.5) is 13.2 Å². The Morgan fingerprint density at radius 2 is 1.91 bits per heavy atom. The van der Waals surface area contributed by atoms with Crippen molar-refractivity contribution >= 4 is 23.5 Å². The van der Waals surface area contributed by atoms with Crippen LogP contribution in [0.2, 0.25) is 5.02 Å². The molecule has 1 aromatic rings. The molecule has 1 rings (SSSR count). The van der Waals surface area contributed by atoms with E-state index >= 15 is 0 Å². The van der Waals surface area contributed by atoms with Gasteiger partial charge in [-0.05, 0) is 19.1 Å². The van der Waals surface area contributed by atoms with E-state index < -0.39 is 41.1 Å². The first-order valence-corrected chi connectivity index (χ1v) is 6.36. The Labute approximate surface area is 128 Å². The Kier molecular flexibility index (Phi) is 6.04. The smallest absolute Gasteiger partial charge is 0.417 e. The van der Waals surface area contributed by atoms with Crippen molar-refractivity contribution < 1.29 is 37.0 Å². The number of rotatable bonds is 5. The predicted octanol–water partition coefficient (Wildman–Crippen LogP) is 3.09. The summed E-state index contributed by atoms with van der Waals surface area (Å²) in [4.78, 5) is 22.8. The molecule has 0 radical (unpaired) electrons. The van der Waals surface area contributed by atoms with Crippen LogP contribution in [0.15, 0.2) is 12.1 Å². The monoisotopic (exact) mass is 340 g/mol. The van der Waals surface area contributed by atoms with Gasteiger partial charge in [0.05, 0.1) is 24.3 Å². The van der Waals surface area contributed by atoms with Gasteiger partial charge < -0.3 is 14.2 Å². The Morgan fingerprint density at radius 3 is 2.41 bits per heavy atom. The lowest BCUT2D eigenvalue weighted by atomic mass is 10.1. The highest BCUT2D eigenvalue weighted by atomic mass is 35.5. The second-order valence-corrected chi connectivity index (χ2v) is 4.26. The number of alkyl halides is 3. The van der Waals surface area contributed by atoms with E-state index in [2.05, 4.69) is 9.47 Å². The third-order valence-electron chi connectivity index (χ3n) is 2.45. The second-order valence-electron chi connectivity index (χ2n) is 3.89. The Morgan fingerprint density at radius 1 is 1.27 bits per heavy atom. The van der Waals surface area contributed by atoms with Gasteiger partial charge in [-0.15, -0.1) is 0 Å². The van der Waals surface area contributed by atoms with Crippen LogP contribution in [0.1, 0.15) is 22.8 Å². The van der Waals surface area contributed by atoms with Crippen molar-refractivity contribution in [1.29, 1.82) is 0 Å². The van der Waals surface area contributed by atoms with Gasteiger partial charge in [-0.1, -0.05) is 11.6 Å². The van der Waals surface area contributed by atoms with E-state index in [0.717, 1.165) is 13.2 Å². The molecule has 9 heteroatoms. The third kappa shape index (κ3) is 4.27. The van der Waals surface area contributed by atoms with E-state index in [4.69, 9.17) is 16.3 Å². The highest BCUT2D eigenvalue weighted by Gasteiger charge is 2.36. The summed E-state index contributed by atoms with van der Waals surface area (Å²) in [5.41, 5.74) is -1.52. The van der Waals surface area contributed by atoms with Gasteiger partial charge in [0.1, 0.15) is 5.56 Å². The largest absolute Gasteiger partial charge is 0.479 e. The van der Waals surface area contributed by atoms with Crippen LogP contribution in [0.25, 0.3) is 0 Å². The summed E-state index contributed by atoms with van der Waals surface area (Å²) in [6.07, 6.45) is -4.74. The molecule has 0 spiro atoms. The molecular weight excluding hydrogens is 329 g/mol. The molecular formula is C13H12ClF3O5. The number of halogens is 4. The highest BCUT2D eigenvalue weighted by molar-refractivity contribution is 6.33. The molecule has 0 atom stereocenters. The molecule has 0 amide bonds. The van der Waals surface area contributed by atoms with Gasteiger partial charge in [0.25, 0.3) is 0 Å². The Hall–Kier alpha value is -1.96. The summed E-state index contributed by atoms with van der Waals surface area (Å²) in [5, 5.41) is -0.834. The first-order valence-electron chi connectivity index (χ1n) is 5.98. The number of esters is 2. The molecule has 1 aromatic carbocycles. The molecule has 0 unspecified atom stereocenters. The summed E-state index contributed by atoms with van der Waals surface area (Å²) in [6, 6.07) is 1.49. The summed E-state index contributed by atoms with van der Waals surface area (Å²) >= 11 is 5.66. The minimum Gasteiger partial charge on any atom is -0.479 e. The second kappa shape index (κ2) is 7.35. The van der Waals surface area contributed by atoms with Gasteiger partial charge in [0, 0.05) is 0 Å². The first-order chi connectivity index (χ1) is 10.2. The Bertz CT molecular complexity index is 572. The van der Waals surface area contributed by atoms with E-state index in [1.165, 1.54) is 0 Å². The number of methoxy groups -OCH3 is 1. The zero-order chi connectivity index (χ0) is 16.9. The molecule has 0 bridgehead atoms.